The third kappa shape index (κ3) is 3.57. The molecular weight excluding hydrogens is 296 g/mol. The topological polar surface area (TPSA) is 75.6 Å². The lowest BCUT2D eigenvalue weighted by Crippen LogP contribution is -2.16. The summed E-state index contributed by atoms with van der Waals surface area (Å²) in [6.45, 7) is -0.0404. The van der Waals surface area contributed by atoms with E-state index in [9.17, 15) is 18.4 Å². The second kappa shape index (κ2) is 6.66. The molecule has 2 rings (SSSR count). The average Bonchev–Trinajstić information content (AvgIpc) is 2.49. The number of hydrogen-bond acceptors (Lipinski definition) is 3. The smallest absolute Gasteiger partial charge is 0.412 e. The van der Waals surface area contributed by atoms with Gasteiger partial charge in [0.2, 0.25) is 0 Å². The molecule has 0 fully saturated rings. The molecule has 0 aliphatic carbocycles. The summed E-state index contributed by atoms with van der Waals surface area (Å²) in [7, 11) is 0. The van der Waals surface area contributed by atoms with Gasteiger partial charge in [-0.2, -0.15) is 0 Å². The average molecular weight is 307 g/mol. The molecule has 114 valence electrons. The summed E-state index contributed by atoms with van der Waals surface area (Å²) in [4.78, 5) is 22.3. The summed E-state index contributed by atoms with van der Waals surface area (Å²) < 4.78 is 31.9. The van der Waals surface area contributed by atoms with Crippen LogP contribution < -0.4 is 5.32 Å². The van der Waals surface area contributed by atoms with Crippen molar-refractivity contribution in [2.45, 2.75) is 6.61 Å². The number of hydrogen-bond donors (Lipinski definition) is 2. The van der Waals surface area contributed by atoms with Crippen LogP contribution in [-0.2, 0) is 11.3 Å². The number of aromatic carboxylic acids is 1. The third-order valence-corrected chi connectivity index (χ3v) is 2.75. The molecule has 5 nitrogen and oxygen atoms in total. The molecule has 0 aliphatic heterocycles. The summed E-state index contributed by atoms with van der Waals surface area (Å²) in [5.41, 5.74) is -0.888. The van der Waals surface area contributed by atoms with Gasteiger partial charge in [-0.15, -0.1) is 0 Å². The van der Waals surface area contributed by atoms with Crippen molar-refractivity contribution in [3.8, 4) is 0 Å². The predicted molar refractivity (Wildman–Crippen MR) is 73.6 cm³/mol. The number of carboxylic acid groups (broad SMARTS) is 1. The molecule has 0 atom stereocenters. The highest BCUT2D eigenvalue weighted by molar-refractivity contribution is 5.92. The van der Waals surface area contributed by atoms with Crippen LogP contribution in [0.1, 0.15) is 15.9 Å². The molecule has 0 radical (unpaired) electrons. The highest BCUT2D eigenvalue weighted by Gasteiger charge is 2.21. The van der Waals surface area contributed by atoms with Gasteiger partial charge in [-0.05, 0) is 17.7 Å². The number of halogens is 2. The van der Waals surface area contributed by atoms with Crippen molar-refractivity contribution in [3.63, 3.8) is 0 Å². The van der Waals surface area contributed by atoms with Crippen molar-refractivity contribution in [3.05, 3.63) is 65.2 Å². The van der Waals surface area contributed by atoms with E-state index in [0.717, 1.165) is 17.7 Å². The minimum absolute atomic E-state index is 0.0404. The molecule has 0 heterocycles. The first kappa shape index (κ1) is 15.4. The van der Waals surface area contributed by atoms with Gasteiger partial charge in [0.05, 0.1) is 5.69 Å². The van der Waals surface area contributed by atoms with Gasteiger partial charge < -0.3 is 9.84 Å². The highest BCUT2D eigenvalue weighted by Crippen LogP contribution is 2.21. The van der Waals surface area contributed by atoms with Crippen molar-refractivity contribution in [2.75, 3.05) is 5.32 Å². The summed E-state index contributed by atoms with van der Waals surface area (Å²) in [5, 5.41) is 10.8. The quantitative estimate of drug-likeness (QED) is 0.907. The lowest BCUT2D eigenvalue weighted by atomic mass is 10.1. The van der Waals surface area contributed by atoms with Gasteiger partial charge in [-0.1, -0.05) is 30.3 Å². The summed E-state index contributed by atoms with van der Waals surface area (Å²) in [6, 6.07) is 10.4. The molecular formula is C15H11F2NO4. The number of ether oxygens (including phenoxy) is 1. The zero-order chi connectivity index (χ0) is 16.1. The molecule has 0 saturated heterocycles. The van der Waals surface area contributed by atoms with Crippen LogP contribution in [0.3, 0.4) is 0 Å². The monoisotopic (exact) mass is 307 g/mol. The molecule has 0 spiro atoms. The minimum Gasteiger partial charge on any atom is -0.477 e. The van der Waals surface area contributed by atoms with Crippen molar-refractivity contribution in [1.82, 2.24) is 0 Å². The second-order valence-corrected chi connectivity index (χ2v) is 4.28. The van der Waals surface area contributed by atoms with E-state index < -0.39 is 34.9 Å². The second-order valence-electron chi connectivity index (χ2n) is 4.28. The van der Waals surface area contributed by atoms with Gasteiger partial charge in [0.25, 0.3) is 0 Å². The van der Waals surface area contributed by atoms with Crippen LogP contribution in [0, 0.1) is 11.6 Å². The predicted octanol–water partition coefficient (Wildman–Crippen LogP) is 3.41. The molecule has 7 heteroatoms. The molecule has 22 heavy (non-hydrogen) atoms. The van der Waals surface area contributed by atoms with E-state index >= 15 is 0 Å². The highest BCUT2D eigenvalue weighted by atomic mass is 19.1. The fraction of sp³-hybridized carbons (Fsp3) is 0.0667. The van der Waals surface area contributed by atoms with E-state index in [1.807, 2.05) is 5.32 Å². The molecule has 0 unspecified atom stereocenters. The van der Waals surface area contributed by atoms with E-state index in [-0.39, 0.29) is 6.61 Å². The van der Waals surface area contributed by atoms with Crippen LogP contribution in [0.4, 0.5) is 19.3 Å². The summed E-state index contributed by atoms with van der Waals surface area (Å²) >= 11 is 0. The van der Waals surface area contributed by atoms with Crippen LogP contribution in [0.15, 0.2) is 42.5 Å². The van der Waals surface area contributed by atoms with Gasteiger partial charge in [-0.25, -0.2) is 18.4 Å². The zero-order valence-electron chi connectivity index (χ0n) is 11.2. The van der Waals surface area contributed by atoms with Crippen LogP contribution >= 0.6 is 0 Å². The Morgan fingerprint density at radius 2 is 1.77 bits per heavy atom. The molecule has 1 amide bonds. The van der Waals surface area contributed by atoms with E-state index in [1.54, 1.807) is 30.3 Å². The lowest BCUT2D eigenvalue weighted by Gasteiger charge is -2.09. The Hall–Kier alpha value is -2.96. The lowest BCUT2D eigenvalue weighted by molar-refractivity contribution is 0.0686. The molecule has 2 N–H and O–H groups in total. The standard InChI is InChI=1S/C15H11F2NO4/c16-10-6-7-11(13(17)12(10)14(19)20)18-15(21)22-8-9-4-2-1-3-5-9/h1-7H,8H2,(H,18,21)(H,19,20). The normalized spacial score (nSPS) is 10.1. The largest absolute Gasteiger partial charge is 0.477 e. The first-order chi connectivity index (χ1) is 10.5. The minimum atomic E-state index is -1.77. The number of rotatable bonds is 4. The van der Waals surface area contributed by atoms with Crippen LogP contribution in [0.5, 0.6) is 0 Å². The summed E-state index contributed by atoms with van der Waals surface area (Å²) in [6.07, 6.45) is -0.981. The molecule has 2 aromatic carbocycles. The van der Waals surface area contributed by atoms with Crippen LogP contribution in [0.2, 0.25) is 0 Å². The van der Waals surface area contributed by atoms with E-state index in [2.05, 4.69) is 0 Å². The fourth-order valence-electron chi connectivity index (χ4n) is 1.71. The first-order valence-corrected chi connectivity index (χ1v) is 6.18. The number of anilines is 1. The Bertz CT molecular complexity index is 704. The van der Waals surface area contributed by atoms with Crippen molar-refractivity contribution in [1.29, 1.82) is 0 Å². The van der Waals surface area contributed by atoms with Gasteiger partial charge in [0.15, 0.2) is 5.82 Å². The van der Waals surface area contributed by atoms with E-state index in [1.165, 1.54) is 0 Å². The molecule has 0 aliphatic rings. The summed E-state index contributed by atoms with van der Waals surface area (Å²) in [5.74, 6) is -4.37. The fourth-order valence-corrected chi connectivity index (χ4v) is 1.71. The maximum Gasteiger partial charge on any atom is 0.412 e. The molecule has 0 saturated carbocycles. The maximum absolute atomic E-state index is 13.8. The van der Waals surface area contributed by atoms with Gasteiger partial charge in [-0.3, -0.25) is 5.32 Å². The van der Waals surface area contributed by atoms with Gasteiger partial charge in [0.1, 0.15) is 18.0 Å². The number of nitrogens with one attached hydrogen (secondary N) is 1. The molecule has 2 aromatic rings. The Labute approximate surface area is 124 Å². The van der Waals surface area contributed by atoms with Crippen molar-refractivity contribution < 1.29 is 28.2 Å². The number of benzene rings is 2. The Morgan fingerprint density at radius 3 is 2.41 bits per heavy atom. The number of carbonyl (C=O) groups is 2. The Kier molecular flexibility index (Phi) is 4.67. The Balaban J connectivity index is 2.06. The first-order valence-electron chi connectivity index (χ1n) is 6.18. The Morgan fingerprint density at radius 1 is 1.09 bits per heavy atom. The van der Waals surface area contributed by atoms with Crippen molar-refractivity contribution in [2.24, 2.45) is 0 Å². The molecule has 0 bridgehead atoms. The molecule has 0 aromatic heterocycles. The van der Waals surface area contributed by atoms with E-state index in [4.69, 9.17) is 9.84 Å². The SMILES string of the molecule is O=C(Nc1ccc(F)c(C(=O)O)c1F)OCc1ccccc1. The maximum atomic E-state index is 13.8. The van der Waals surface area contributed by atoms with Crippen molar-refractivity contribution >= 4 is 17.7 Å². The zero-order valence-corrected chi connectivity index (χ0v) is 11.2. The van der Waals surface area contributed by atoms with Gasteiger partial charge >= 0.3 is 12.1 Å². The van der Waals surface area contributed by atoms with Crippen LogP contribution in [-0.4, -0.2) is 17.2 Å². The third-order valence-electron chi connectivity index (χ3n) is 2.75. The number of carbonyl (C=O) groups excluding carboxylic acids is 1. The van der Waals surface area contributed by atoms with Gasteiger partial charge in [0, 0.05) is 0 Å². The van der Waals surface area contributed by atoms with Crippen LogP contribution in [0.25, 0.3) is 0 Å². The number of amides is 1. The van der Waals surface area contributed by atoms with E-state index in [0.29, 0.717) is 0 Å². The number of carboxylic acids is 1.